The average molecular weight is 507 g/mol. The molecule has 3 aliphatic rings. The van der Waals surface area contributed by atoms with Gasteiger partial charge in [0.25, 0.3) is 0 Å². The monoisotopic (exact) mass is 506 g/mol. The van der Waals surface area contributed by atoms with Crippen molar-refractivity contribution in [1.82, 2.24) is 9.97 Å². The number of rotatable bonds is 6. The van der Waals surface area contributed by atoms with Crippen LogP contribution in [0.25, 0.3) is 32.6 Å². The first-order valence-electron chi connectivity index (χ1n) is 13.5. The second-order valence-corrected chi connectivity index (χ2v) is 10.9. The van der Waals surface area contributed by atoms with Gasteiger partial charge in [0.15, 0.2) is 0 Å². The van der Waals surface area contributed by atoms with Crippen LogP contribution in [0.15, 0.2) is 59.7 Å². The zero-order chi connectivity index (χ0) is 26.4. The van der Waals surface area contributed by atoms with E-state index < -0.39 is 17.4 Å². The van der Waals surface area contributed by atoms with Crippen molar-refractivity contribution in [3.63, 3.8) is 0 Å². The Labute approximate surface area is 221 Å². The lowest BCUT2D eigenvalue weighted by Crippen LogP contribution is -2.34. The van der Waals surface area contributed by atoms with Crippen molar-refractivity contribution in [3.8, 4) is 0 Å². The van der Waals surface area contributed by atoms with Crippen molar-refractivity contribution in [1.29, 1.82) is 0 Å². The third-order valence-electron chi connectivity index (χ3n) is 9.41. The number of aromatic nitrogens is 2. The molecule has 3 aromatic carbocycles. The average Bonchev–Trinajstić information content (AvgIpc) is 3.44. The molecule has 3 aliphatic carbocycles. The summed E-state index contributed by atoms with van der Waals surface area (Å²) in [6, 6.07) is 16.7. The van der Waals surface area contributed by atoms with Crippen molar-refractivity contribution in [2.45, 2.75) is 50.4 Å². The molecular weight excluding hydrogens is 476 g/mol. The van der Waals surface area contributed by atoms with Crippen LogP contribution in [0.1, 0.15) is 50.9 Å². The predicted octanol–water partition coefficient (Wildman–Crippen LogP) is 5.93. The Morgan fingerprint density at radius 3 is 1.82 bits per heavy atom. The van der Waals surface area contributed by atoms with Crippen LogP contribution in [0, 0.1) is 11.8 Å². The summed E-state index contributed by atoms with van der Waals surface area (Å²) in [5.74, 6) is -0.955. The van der Waals surface area contributed by atoms with Gasteiger partial charge >= 0.3 is 11.9 Å². The van der Waals surface area contributed by atoms with Crippen molar-refractivity contribution in [2.75, 3.05) is 14.2 Å². The smallest absolute Gasteiger partial charge is 0.335 e. The summed E-state index contributed by atoms with van der Waals surface area (Å²) >= 11 is 0. The highest BCUT2D eigenvalue weighted by atomic mass is 16.5. The van der Waals surface area contributed by atoms with Gasteiger partial charge in [-0.3, -0.25) is 0 Å². The number of esters is 2. The molecular formula is C32H30N2O4. The molecule has 0 amide bonds. The van der Waals surface area contributed by atoms with Crippen molar-refractivity contribution >= 4 is 44.5 Å². The van der Waals surface area contributed by atoms with Crippen molar-refractivity contribution in [3.05, 3.63) is 71.1 Å². The van der Waals surface area contributed by atoms with Crippen LogP contribution in [-0.2, 0) is 29.9 Å². The van der Waals surface area contributed by atoms with Crippen LogP contribution in [0.5, 0.6) is 0 Å². The van der Waals surface area contributed by atoms with Crippen LogP contribution in [0.4, 0.5) is 0 Å². The largest absolute Gasteiger partial charge is 0.466 e. The number of fused-ring (bicyclic) bond motifs is 10. The number of hydrogen-bond donors (Lipinski definition) is 0. The first-order valence-corrected chi connectivity index (χ1v) is 13.5. The van der Waals surface area contributed by atoms with E-state index in [4.69, 9.17) is 19.4 Å². The predicted molar refractivity (Wildman–Crippen MR) is 146 cm³/mol. The number of benzene rings is 3. The van der Waals surface area contributed by atoms with Gasteiger partial charge in [0.2, 0.25) is 0 Å². The molecule has 0 spiro atoms. The molecule has 1 aromatic heterocycles. The van der Waals surface area contributed by atoms with Crippen LogP contribution in [0.2, 0.25) is 0 Å². The summed E-state index contributed by atoms with van der Waals surface area (Å²) in [6.45, 7) is 4.29. The first-order chi connectivity index (χ1) is 18.5. The minimum absolute atomic E-state index is 0.0578. The van der Waals surface area contributed by atoms with Gasteiger partial charge in [-0.1, -0.05) is 75.2 Å². The molecule has 4 aromatic rings. The molecule has 4 atom stereocenters. The second kappa shape index (κ2) is 7.85. The molecule has 0 aliphatic heterocycles. The summed E-state index contributed by atoms with van der Waals surface area (Å²) in [6.07, 6.45) is 3.34. The van der Waals surface area contributed by atoms with Gasteiger partial charge in [-0.2, -0.15) is 0 Å². The highest BCUT2D eigenvalue weighted by Gasteiger charge is 2.85. The molecule has 0 radical (unpaired) electrons. The zero-order valence-corrected chi connectivity index (χ0v) is 22.1. The molecule has 38 heavy (non-hydrogen) atoms. The summed E-state index contributed by atoms with van der Waals surface area (Å²) in [5.41, 5.74) is 3.40. The minimum atomic E-state index is -0.714. The van der Waals surface area contributed by atoms with E-state index in [9.17, 15) is 9.59 Å². The lowest BCUT2D eigenvalue weighted by atomic mass is 9.72. The Morgan fingerprint density at radius 2 is 1.29 bits per heavy atom. The fourth-order valence-corrected chi connectivity index (χ4v) is 8.36. The normalized spacial score (nSPS) is 26.6. The molecule has 6 heteroatoms. The summed E-state index contributed by atoms with van der Waals surface area (Å²) in [5, 5.41) is 4.39. The molecule has 1 saturated carbocycles. The van der Waals surface area contributed by atoms with Gasteiger partial charge in [-0.15, -0.1) is 0 Å². The Bertz CT molecular complexity index is 1740. The minimum Gasteiger partial charge on any atom is -0.466 e. The molecule has 0 bridgehead atoms. The molecule has 7 rings (SSSR count). The number of methoxy groups -OCH3 is 2. The summed E-state index contributed by atoms with van der Waals surface area (Å²) in [7, 11) is 2.77. The molecule has 6 nitrogen and oxygen atoms in total. The van der Waals surface area contributed by atoms with Crippen molar-refractivity contribution in [2.24, 2.45) is 11.8 Å². The second-order valence-electron chi connectivity index (χ2n) is 10.9. The van der Waals surface area contributed by atoms with E-state index in [1.54, 1.807) is 0 Å². The van der Waals surface area contributed by atoms with Gasteiger partial charge in [-0.05, 0) is 29.5 Å². The quantitative estimate of drug-likeness (QED) is 0.238. The van der Waals surface area contributed by atoms with E-state index >= 15 is 0 Å². The Kier molecular flexibility index (Phi) is 4.82. The van der Waals surface area contributed by atoms with E-state index in [-0.39, 0.29) is 17.3 Å². The lowest BCUT2D eigenvalue weighted by molar-refractivity contribution is -0.140. The maximum Gasteiger partial charge on any atom is 0.335 e. The third-order valence-corrected chi connectivity index (χ3v) is 9.41. The number of ether oxygens (including phenoxy) is 2. The van der Waals surface area contributed by atoms with Crippen LogP contribution < -0.4 is 0 Å². The number of carbonyl (C=O) groups is 2. The van der Waals surface area contributed by atoms with Gasteiger partial charge in [-0.25, -0.2) is 19.6 Å². The van der Waals surface area contributed by atoms with Crippen LogP contribution in [-0.4, -0.2) is 36.1 Å². The van der Waals surface area contributed by atoms with Gasteiger partial charge < -0.3 is 9.47 Å². The van der Waals surface area contributed by atoms with E-state index in [1.165, 1.54) is 14.2 Å². The highest BCUT2D eigenvalue weighted by Crippen LogP contribution is 2.83. The lowest BCUT2D eigenvalue weighted by Gasteiger charge is -2.30. The van der Waals surface area contributed by atoms with Crippen LogP contribution in [0.3, 0.4) is 0 Å². The summed E-state index contributed by atoms with van der Waals surface area (Å²) in [4.78, 5) is 37.7. The summed E-state index contributed by atoms with van der Waals surface area (Å²) < 4.78 is 10.6. The molecule has 0 saturated heterocycles. The molecule has 192 valence electrons. The topological polar surface area (TPSA) is 78.4 Å². The number of carbonyl (C=O) groups excluding carboxylic acids is 2. The maximum absolute atomic E-state index is 13.5. The highest BCUT2D eigenvalue weighted by molar-refractivity contribution is 6.23. The van der Waals surface area contributed by atoms with E-state index in [1.807, 2.05) is 18.2 Å². The molecule has 1 heterocycles. The number of nitrogens with zero attached hydrogens (tertiary/aromatic N) is 2. The first kappa shape index (κ1) is 23.3. The van der Waals surface area contributed by atoms with E-state index in [2.05, 4.69) is 44.2 Å². The molecule has 0 N–H and O–H groups in total. The van der Waals surface area contributed by atoms with Crippen LogP contribution >= 0.6 is 0 Å². The Balaban J connectivity index is 1.65. The Morgan fingerprint density at radius 1 is 0.763 bits per heavy atom. The standard InChI is InChI=1S/C32H30N2O4/c1-5-15-31-22-21(29(35)37-3)23(30(36)38-4)32(16-6-2,26(22)31)28-27(31)33-24-19-13-9-7-11-17(19)18-12-8-10-14-20(18)25(24)34-28/h7-14,22,26H,5-6,15-16H2,1-4H3. The maximum atomic E-state index is 13.5. The third kappa shape index (κ3) is 2.49. The van der Waals surface area contributed by atoms with Gasteiger partial charge in [0.05, 0.1) is 53.2 Å². The molecule has 1 fully saturated rings. The Hall–Kier alpha value is -3.80. The zero-order valence-electron chi connectivity index (χ0n) is 22.1. The van der Waals surface area contributed by atoms with E-state index in [0.29, 0.717) is 17.6 Å². The number of hydrogen-bond acceptors (Lipinski definition) is 6. The fraction of sp³-hybridized carbons (Fsp3) is 0.375. The van der Waals surface area contributed by atoms with Gasteiger partial charge in [0, 0.05) is 22.1 Å². The molecule has 4 unspecified atom stereocenters. The van der Waals surface area contributed by atoms with Gasteiger partial charge in [0.1, 0.15) is 0 Å². The van der Waals surface area contributed by atoms with Crippen molar-refractivity contribution < 1.29 is 19.1 Å². The fourth-order valence-electron chi connectivity index (χ4n) is 8.36. The SMILES string of the molecule is CCCC12C(C(=O)OC)=C(C(=O)OC)C3C1C3(CCC)c1nc3c4ccccc4c4ccccc4c3nc12. The van der Waals surface area contributed by atoms with E-state index in [0.717, 1.165) is 63.2 Å².